The van der Waals surface area contributed by atoms with Gasteiger partial charge < -0.3 is 10.3 Å². The average Bonchev–Trinajstić information content (AvgIpc) is 3.63. The molecule has 2 aliphatic rings. The summed E-state index contributed by atoms with van der Waals surface area (Å²) in [6.45, 7) is 6.12. The number of nitrogens with one attached hydrogen (secondary N) is 2. The number of nitrogens with zero attached hydrogens (tertiary/aromatic N) is 4. The Balaban J connectivity index is 1.37. The number of amidine groups is 1. The number of rotatable bonds is 4. The summed E-state index contributed by atoms with van der Waals surface area (Å²) in [4.78, 5) is 16.0. The van der Waals surface area contributed by atoms with E-state index in [9.17, 15) is 0 Å². The molecule has 2 aliphatic heterocycles. The number of benzene rings is 3. The molecule has 0 radical (unpaired) electrons. The fourth-order valence-electron chi connectivity index (χ4n) is 6.16. The number of aromatic amines is 1. The third-order valence-corrected chi connectivity index (χ3v) is 7.84. The highest BCUT2D eigenvalue weighted by Crippen LogP contribution is 2.50. The van der Waals surface area contributed by atoms with Crippen molar-refractivity contribution in [1.29, 1.82) is 0 Å². The first-order chi connectivity index (χ1) is 19.8. The van der Waals surface area contributed by atoms with Gasteiger partial charge in [0.05, 0.1) is 16.9 Å². The van der Waals surface area contributed by atoms with Gasteiger partial charge in [-0.1, -0.05) is 55.1 Å². The van der Waals surface area contributed by atoms with Crippen molar-refractivity contribution >= 4 is 62.7 Å². The van der Waals surface area contributed by atoms with Crippen LogP contribution in [0.5, 0.6) is 0 Å². The Morgan fingerprint density at radius 1 is 0.900 bits per heavy atom. The van der Waals surface area contributed by atoms with E-state index in [1.165, 1.54) is 0 Å². The molecule has 2 N–H and O–H groups in total. The van der Waals surface area contributed by atoms with Crippen molar-refractivity contribution in [2.75, 3.05) is 10.2 Å². The summed E-state index contributed by atoms with van der Waals surface area (Å²) in [7, 11) is 0. The molecule has 0 saturated heterocycles. The van der Waals surface area contributed by atoms with Crippen LogP contribution in [0.3, 0.4) is 0 Å². The summed E-state index contributed by atoms with van der Waals surface area (Å²) >= 11 is 0. The van der Waals surface area contributed by atoms with Crippen molar-refractivity contribution in [3.05, 3.63) is 121 Å². The molecule has 3 aromatic carbocycles. The third-order valence-electron chi connectivity index (χ3n) is 7.84. The zero-order valence-electron chi connectivity index (χ0n) is 22.0. The molecule has 3 aromatic heterocycles. The SMILES string of the molecule is C=Cc1c(/C=C\C)[nH]c2ccc(N3C4=Nc5c(n(-c6ccccc6)c6ccccc56)NC4c4ncccc43)cc12. The molecule has 0 spiro atoms. The standard InChI is InChI=1S/C34H26N6/c1-3-11-26-23(4-2)25-20-22(17-18-27(25)36-26)40-29-16-10-19-35-31(29)32-34(40)37-30-24-14-8-9-15-28(24)39(33(30)38-32)21-12-6-5-7-13-21/h3-20,32,36,38H,2H2,1H3/b11-3-. The van der Waals surface area contributed by atoms with Crippen LogP contribution in [0.2, 0.25) is 0 Å². The summed E-state index contributed by atoms with van der Waals surface area (Å²) in [5.74, 6) is 1.89. The summed E-state index contributed by atoms with van der Waals surface area (Å²) in [5.41, 5.74) is 9.40. The number of anilines is 3. The van der Waals surface area contributed by atoms with Crippen molar-refractivity contribution in [1.82, 2.24) is 14.5 Å². The number of H-pyrrole nitrogens is 1. The zero-order valence-corrected chi connectivity index (χ0v) is 22.0. The first kappa shape index (κ1) is 22.6. The quantitative estimate of drug-likeness (QED) is 0.246. The van der Waals surface area contributed by atoms with Crippen molar-refractivity contribution in [3.8, 4) is 5.69 Å². The minimum absolute atomic E-state index is 0.185. The van der Waals surface area contributed by atoms with Gasteiger partial charge in [-0.05, 0) is 61.5 Å². The van der Waals surface area contributed by atoms with E-state index < -0.39 is 0 Å². The first-order valence-electron chi connectivity index (χ1n) is 13.5. The lowest BCUT2D eigenvalue weighted by atomic mass is 10.1. The van der Waals surface area contributed by atoms with Gasteiger partial charge in [0.25, 0.3) is 0 Å². The Kier molecular flexibility index (Phi) is 4.85. The molecule has 0 saturated carbocycles. The highest BCUT2D eigenvalue weighted by atomic mass is 15.3. The molecule has 192 valence electrons. The molecule has 6 heteroatoms. The van der Waals surface area contributed by atoms with E-state index in [0.29, 0.717) is 0 Å². The molecule has 8 rings (SSSR count). The van der Waals surface area contributed by atoms with Crippen LogP contribution in [-0.2, 0) is 0 Å². The molecule has 6 aromatic rings. The van der Waals surface area contributed by atoms with Crippen LogP contribution in [-0.4, -0.2) is 20.4 Å². The summed E-state index contributed by atoms with van der Waals surface area (Å²) in [6, 6.07) is 29.3. The maximum atomic E-state index is 5.39. The second-order valence-corrected chi connectivity index (χ2v) is 10.1. The second-order valence-electron chi connectivity index (χ2n) is 10.1. The van der Waals surface area contributed by atoms with E-state index in [1.54, 1.807) is 0 Å². The normalized spacial score (nSPS) is 15.7. The average molecular weight is 519 g/mol. The Bertz CT molecular complexity index is 2020. The maximum Gasteiger partial charge on any atom is 0.143 e. The molecular formula is C34H26N6. The van der Waals surface area contributed by atoms with Crippen LogP contribution in [0.4, 0.5) is 22.9 Å². The van der Waals surface area contributed by atoms with Gasteiger partial charge >= 0.3 is 0 Å². The number of aromatic nitrogens is 3. The summed E-state index contributed by atoms with van der Waals surface area (Å²) in [6.07, 6.45) is 7.90. The van der Waals surface area contributed by atoms with E-state index in [-0.39, 0.29) is 6.04 Å². The number of fused-ring (bicyclic) bond motifs is 7. The number of para-hydroxylation sites is 2. The van der Waals surface area contributed by atoms with Crippen LogP contribution in [0.15, 0.2) is 109 Å². The predicted molar refractivity (Wildman–Crippen MR) is 166 cm³/mol. The number of hydrogen-bond donors (Lipinski definition) is 2. The first-order valence-corrected chi connectivity index (χ1v) is 13.5. The van der Waals surface area contributed by atoms with Crippen molar-refractivity contribution in [3.63, 3.8) is 0 Å². The van der Waals surface area contributed by atoms with Gasteiger partial charge in [0.2, 0.25) is 0 Å². The van der Waals surface area contributed by atoms with Crippen LogP contribution in [0.25, 0.3) is 39.6 Å². The van der Waals surface area contributed by atoms with Gasteiger partial charge in [0, 0.05) is 45.1 Å². The Morgan fingerprint density at radius 3 is 2.60 bits per heavy atom. The fourth-order valence-corrected chi connectivity index (χ4v) is 6.16. The molecule has 0 aliphatic carbocycles. The van der Waals surface area contributed by atoms with Crippen LogP contribution < -0.4 is 10.2 Å². The van der Waals surface area contributed by atoms with Crippen LogP contribution >= 0.6 is 0 Å². The fraction of sp³-hybridized carbons (Fsp3) is 0.0588. The van der Waals surface area contributed by atoms with Gasteiger partial charge in [-0.25, -0.2) is 4.99 Å². The Morgan fingerprint density at radius 2 is 1.75 bits per heavy atom. The van der Waals surface area contributed by atoms with E-state index in [2.05, 4.69) is 105 Å². The lowest BCUT2D eigenvalue weighted by Gasteiger charge is -2.26. The molecule has 1 unspecified atom stereocenters. The van der Waals surface area contributed by atoms with Crippen LogP contribution in [0, 0.1) is 0 Å². The summed E-state index contributed by atoms with van der Waals surface area (Å²) < 4.78 is 2.27. The smallest absolute Gasteiger partial charge is 0.143 e. The molecule has 6 nitrogen and oxygen atoms in total. The maximum absolute atomic E-state index is 5.39. The lowest BCUT2D eigenvalue weighted by Crippen LogP contribution is -2.30. The highest BCUT2D eigenvalue weighted by Gasteiger charge is 2.41. The van der Waals surface area contributed by atoms with Gasteiger partial charge in [-0.3, -0.25) is 14.5 Å². The minimum Gasteiger partial charge on any atom is -0.355 e. The minimum atomic E-state index is -0.185. The van der Waals surface area contributed by atoms with Crippen LogP contribution in [0.1, 0.15) is 29.9 Å². The Hall–Kier alpha value is -5.36. The van der Waals surface area contributed by atoms with Gasteiger partial charge in [0.1, 0.15) is 23.4 Å². The topological polar surface area (TPSA) is 61.2 Å². The highest BCUT2D eigenvalue weighted by molar-refractivity contribution is 6.19. The number of aliphatic imine (C=N–C) groups is 1. The molecule has 0 bridgehead atoms. The summed E-state index contributed by atoms with van der Waals surface area (Å²) in [5, 5.41) is 6.08. The zero-order chi connectivity index (χ0) is 26.8. The Labute approximate surface area is 231 Å². The third kappa shape index (κ3) is 3.10. The lowest BCUT2D eigenvalue weighted by molar-refractivity contribution is 0.949. The number of allylic oxidation sites excluding steroid dienone is 1. The monoisotopic (exact) mass is 518 g/mol. The second kappa shape index (κ2) is 8.58. The number of pyridine rings is 1. The van der Waals surface area contributed by atoms with E-state index in [0.717, 1.165) is 73.2 Å². The van der Waals surface area contributed by atoms with Crippen molar-refractivity contribution in [2.24, 2.45) is 4.99 Å². The molecule has 0 amide bonds. The van der Waals surface area contributed by atoms with Gasteiger partial charge in [-0.2, -0.15) is 0 Å². The van der Waals surface area contributed by atoms with Crippen molar-refractivity contribution < 1.29 is 0 Å². The van der Waals surface area contributed by atoms with Gasteiger partial charge in [0.15, 0.2) is 0 Å². The number of hydrogen-bond acceptors (Lipinski definition) is 4. The molecule has 40 heavy (non-hydrogen) atoms. The molecule has 1 atom stereocenters. The van der Waals surface area contributed by atoms with Crippen molar-refractivity contribution in [2.45, 2.75) is 13.0 Å². The molecule has 0 fully saturated rings. The largest absolute Gasteiger partial charge is 0.355 e. The van der Waals surface area contributed by atoms with E-state index >= 15 is 0 Å². The molecule has 5 heterocycles. The van der Waals surface area contributed by atoms with E-state index in [4.69, 9.17) is 9.98 Å². The van der Waals surface area contributed by atoms with Gasteiger partial charge in [-0.15, -0.1) is 0 Å². The van der Waals surface area contributed by atoms with E-state index in [1.807, 2.05) is 37.4 Å². The predicted octanol–water partition coefficient (Wildman–Crippen LogP) is 8.53. The molecular weight excluding hydrogens is 492 g/mol.